The van der Waals surface area contributed by atoms with Crippen LogP contribution in [0.1, 0.15) is 23.9 Å². The molecule has 3 aromatic rings. The van der Waals surface area contributed by atoms with Crippen LogP contribution in [-0.2, 0) is 13.0 Å². The summed E-state index contributed by atoms with van der Waals surface area (Å²) in [4.78, 5) is 21.0. The van der Waals surface area contributed by atoms with Gasteiger partial charge in [0.15, 0.2) is 0 Å². The monoisotopic (exact) mass is 301 g/mol. The fourth-order valence-corrected chi connectivity index (χ4v) is 3.03. The van der Waals surface area contributed by atoms with Crippen molar-refractivity contribution in [2.45, 2.75) is 19.9 Å². The Labute approximate surface area is 133 Å². The van der Waals surface area contributed by atoms with Gasteiger partial charge in [-0.15, -0.1) is 0 Å². The lowest BCUT2D eigenvalue weighted by molar-refractivity contribution is 0.558. The van der Waals surface area contributed by atoms with E-state index >= 15 is 0 Å². The summed E-state index contributed by atoms with van der Waals surface area (Å²) < 4.78 is 1.85. The zero-order valence-corrected chi connectivity index (χ0v) is 12.8. The van der Waals surface area contributed by atoms with Crippen LogP contribution in [-0.4, -0.2) is 14.5 Å². The molecule has 23 heavy (non-hydrogen) atoms. The van der Waals surface area contributed by atoms with E-state index in [0.29, 0.717) is 11.4 Å². The molecular formula is C19H15N3O. The van der Waals surface area contributed by atoms with Crippen LogP contribution in [0.25, 0.3) is 10.9 Å². The SMILES string of the molecule is CC1Cc2cc3cc(C#Cc4ccccn4)cnc3c(=O)n2C1. The third kappa shape index (κ3) is 2.51. The Bertz CT molecular complexity index is 1010. The van der Waals surface area contributed by atoms with Gasteiger partial charge in [-0.3, -0.25) is 4.79 Å². The first-order valence-corrected chi connectivity index (χ1v) is 7.66. The Balaban J connectivity index is 1.79. The highest BCUT2D eigenvalue weighted by molar-refractivity contribution is 5.79. The molecule has 4 nitrogen and oxygen atoms in total. The van der Waals surface area contributed by atoms with Crippen molar-refractivity contribution in [1.29, 1.82) is 0 Å². The molecule has 0 saturated carbocycles. The van der Waals surface area contributed by atoms with Gasteiger partial charge < -0.3 is 4.57 Å². The first kappa shape index (κ1) is 13.7. The van der Waals surface area contributed by atoms with Crippen molar-refractivity contribution in [3.63, 3.8) is 0 Å². The van der Waals surface area contributed by atoms with Crippen molar-refractivity contribution in [3.05, 3.63) is 70.0 Å². The van der Waals surface area contributed by atoms with Crippen molar-refractivity contribution >= 4 is 10.9 Å². The normalized spacial score (nSPS) is 16.0. The molecule has 0 aromatic carbocycles. The van der Waals surface area contributed by atoms with Crippen LogP contribution in [0, 0.1) is 17.8 Å². The highest BCUT2D eigenvalue weighted by Crippen LogP contribution is 2.21. The number of pyridine rings is 3. The average molecular weight is 301 g/mol. The molecule has 4 heterocycles. The summed E-state index contributed by atoms with van der Waals surface area (Å²) in [5, 5.41) is 0.864. The lowest BCUT2D eigenvalue weighted by atomic mass is 10.1. The minimum absolute atomic E-state index is 0.00563. The van der Waals surface area contributed by atoms with Gasteiger partial charge in [0.2, 0.25) is 0 Å². The highest BCUT2D eigenvalue weighted by Gasteiger charge is 2.20. The van der Waals surface area contributed by atoms with E-state index in [1.807, 2.05) is 28.8 Å². The van der Waals surface area contributed by atoms with Gasteiger partial charge in [0.25, 0.3) is 5.56 Å². The molecule has 0 amide bonds. The quantitative estimate of drug-likeness (QED) is 0.599. The maximum atomic E-state index is 12.5. The zero-order valence-electron chi connectivity index (χ0n) is 12.8. The van der Waals surface area contributed by atoms with Gasteiger partial charge in [0, 0.05) is 35.6 Å². The zero-order chi connectivity index (χ0) is 15.8. The number of hydrogen-bond acceptors (Lipinski definition) is 3. The summed E-state index contributed by atoms with van der Waals surface area (Å²) in [5.41, 5.74) is 3.12. The number of nitrogens with zero attached hydrogens (tertiary/aromatic N) is 3. The van der Waals surface area contributed by atoms with E-state index in [1.165, 1.54) is 0 Å². The van der Waals surface area contributed by atoms with E-state index in [4.69, 9.17) is 0 Å². The van der Waals surface area contributed by atoms with Gasteiger partial charge in [-0.1, -0.05) is 18.9 Å². The molecule has 0 bridgehead atoms. The number of rotatable bonds is 0. The Morgan fingerprint density at radius 2 is 2.13 bits per heavy atom. The first-order chi connectivity index (χ1) is 11.2. The van der Waals surface area contributed by atoms with Crippen molar-refractivity contribution in [2.24, 2.45) is 5.92 Å². The van der Waals surface area contributed by atoms with E-state index < -0.39 is 0 Å². The Kier molecular flexibility index (Phi) is 3.20. The van der Waals surface area contributed by atoms with Crippen LogP contribution in [0.5, 0.6) is 0 Å². The number of hydrogen-bond donors (Lipinski definition) is 0. The molecule has 4 rings (SSSR count). The molecule has 0 fully saturated rings. The molecule has 1 atom stereocenters. The van der Waals surface area contributed by atoms with Crippen molar-refractivity contribution < 1.29 is 0 Å². The Morgan fingerprint density at radius 3 is 2.96 bits per heavy atom. The van der Waals surface area contributed by atoms with Crippen LogP contribution in [0.4, 0.5) is 0 Å². The summed E-state index contributed by atoms with van der Waals surface area (Å²) in [6.45, 7) is 2.95. The van der Waals surface area contributed by atoms with E-state index in [1.54, 1.807) is 12.4 Å². The molecule has 3 aromatic heterocycles. The second-order valence-electron chi connectivity index (χ2n) is 5.99. The highest BCUT2D eigenvalue weighted by atomic mass is 16.1. The fourth-order valence-electron chi connectivity index (χ4n) is 3.03. The van der Waals surface area contributed by atoms with E-state index in [2.05, 4.69) is 34.8 Å². The smallest absolute Gasteiger partial charge is 0.277 e. The van der Waals surface area contributed by atoms with E-state index in [-0.39, 0.29) is 5.56 Å². The fraction of sp³-hybridized carbons (Fsp3) is 0.211. The predicted molar refractivity (Wildman–Crippen MR) is 89.1 cm³/mol. The lowest BCUT2D eigenvalue weighted by Crippen LogP contribution is -2.20. The molecular weight excluding hydrogens is 286 g/mol. The van der Waals surface area contributed by atoms with E-state index in [9.17, 15) is 4.79 Å². The number of fused-ring (bicyclic) bond motifs is 2. The van der Waals surface area contributed by atoms with Crippen molar-refractivity contribution in [3.8, 4) is 11.8 Å². The first-order valence-electron chi connectivity index (χ1n) is 7.66. The van der Waals surface area contributed by atoms with Gasteiger partial charge in [-0.2, -0.15) is 0 Å². The van der Waals surface area contributed by atoms with Gasteiger partial charge in [-0.05, 0) is 42.5 Å². The van der Waals surface area contributed by atoms with Gasteiger partial charge in [0.1, 0.15) is 11.2 Å². The summed E-state index contributed by atoms with van der Waals surface area (Å²) in [7, 11) is 0. The Hall–Kier alpha value is -2.93. The largest absolute Gasteiger partial charge is 0.310 e. The molecule has 1 aliphatic rings. The molecule has 0 radical (unpaired) electrons. The second kappa shape index (κ2) is 5.36. The van der Waals surface area contributed by atoms with Crippen LogP contribution in [0.15, 0.2) is 47.5 Å². The van der Waals surface area contributed by atoms with Gasteiger partial charge in [0.05, 0.1) is 0 Å². The molecule has 1 aliphatic heterocycles. The van der Waals surface area contributed by atoms with Crippen molar-refractivity contribution in [2.75, 3.05) is 0 Å². The minimum Gasteiger partial charge on any atom is -0.310 e. The maximum absolute atomic E-state index is 12.5. The van der Waals surface area contributed by atoms with Gasteiger partial charge in [-0.25, -0.2) is 9.97 Å². The molecule has 4 heteroatoms. The summed E-state index contributed by atoms with van der Waals surface area (Å²) in [6, 6.07) is 9.63. The van der Waals surface area contributed by atoms with Crippen LogP contribution < -0.4 is 5.56 Å². The summed E-state index contributed by atoms with van der Waals surface area (Å²) in [6.07, 6.45) is 4.31. The minimum atomic E-state index is 0.00563. The van der Waals surface area contributed by atoms with Gasteiger partial charge >= 0.3 is 0 Å². The van der Waals surface area contributed by atoms with Crippen LogP contribution in [0.3, 0.4) is 0 Å². The summed E-state index contributed by atoms with van der Waals surface area (Å²) in [5.74, 6) is 6.58. The molecule has 0 N–H and O–H groups in total. The molecule has 0 saturated heterocycles. The summed E-state index contributed by atoms with van der Waals surface area (Å²) >= 11 is 0. The average Bonchev–Trinajstić information content (AvgIpc) is 2.94. The standard InChI is InChI=1S/C19H15N3O/c1-13-8-17-10-15-9-14(5-6-16-4-2-3-7-20-16)11-21-18(15)19(23)22(17)12-13/h2-4,7,9-11,13H,8,12H2,1H3. The van der Waals surface area contributed by atoms with Crippen LogP contribution >= 0.6 is 0 Å². The van der Waals surface area contributed by atoms with Crippen LogP contribution in [0.2, 0.25) is 0 Å². The third-order valence-corrected chi connectivity index (χ3v) is 4.09. The molecule has 0 aliphatic carbocycles. The number of aromatic nitrogens is 3. The topological polar surface area (TPSA) is 47.8 Å². The second-order valence-corrected chi connectivity index (χ2v) is 5.99. The molecule has 1 unspecified atom stereocenters. The molecule has 112 valence electrons. The van der Waals surface area contributed by atoms with Crippen molar-refractivity contribution in [1.82, 2.24) is 14.5 Å². The predicted octanol–water partition coefficient (Wildman–Crippen LogP) is 2.38. The third-order valence-electron chi connectivity index (χ3n) is 4.09. The lowest BCUT2D eigenvalue weighted by Gasteiger charge is -2.05. The Morgan fingerprint density at radius 1 is 1.22 bits per heavy atom. The van der Waals surface area contributed by atoms with E-state index in [0.717, 1.165) is 35.3 Å². The maximum Gasteiger partial charge on any atom is 0.277 e. The molecule has 0 spiro atoms.